The van der Waals surface area contributed by atoms with Crippen molar-refractivity contribution < 1.29 is 9.53 Å². The number of anilines is 1. The van der Waals surface area contributed by atoms with Gasteiger partial charge in [0.2, 0.25) is 0 Å². The molecule has 0 bridgehead atoms. The summed E-state index contributed by atoms with van der Waals surface area (Å²) in [5, 5.41) is 6.16. The molecule has 0 radical (unpaired) electrons. The number of piperidine rings is 1. The Bertz CT molecular complexity index is 558. The first-order chi connectivity index (χ1) is 10.6. The smallest absolute Gasteiger partial charge is 0.251 e. The minimum Gasteiger partial charge on any atom is -0.495 e. The Kier molecular flexibility index (Phi) is 5.68. The molecule has 0 saturated carbocycles. The third-order valence-corrected chi connectivity index (χ3v) is 3.90. The molecule has 1 aromatic rings. The Hall–Kier alpha value is -2.19. The maximum Gasteiger partial charge on any atom is 0.251 e. The molecule has 0 unspecified atom stereocenters. The Morgan fingerprint density at radius 3 is 2.82 bits per heavy atom. The molecule has 2 rings (SSSR count). The van der Waals surface area contributed by atoms with E-state index in [1.165, 1.54) is 0 Å². The van der Waals surface area contributed by atoms with Crippen LogP contribution >= 0.6 is 0 Å². The molecular formula is C17H23N3O2. The van der Waals surface area contributed by atoms with Crippen molar-refractivity contribution in [3.63, 3.8) is 0 Å². The van der Waals surface area contributed by atoms with Gasteiger partial charge >= 0.3 is 0 Å². The number of methoxy groups -OCH3 is 1. The number of nitrogens with one attached hydrogen (secondary N) is 2. The first-order valence-electron chi connectivity index (χ1n) is 7.49. The predicted molar refractivity (Wildman–Crippen MR) is 88.3 cm³/mol. The highest BCUT2D eigenvalue weighted by molar-refractivity contribution is 5.95. The Labute approximate surface area is 132 Å². The molecule has 0 atom stereocenters. The van der Waals surface area contributed by atoms with E-state index in [1.807, 2.05) is 6.07 Å². The van der Waals surface area contributed by atoms with Crippen LogP contribution in [0.25, 0.3) is 0 Å². The van der Waals surface area contributed by atoms with E-state index in [2.05, 4.69) is 28.5 Å². The molecule has 5 nitrogen and oxygen atoms in total. The summed E-state index contributed by atoms with van der Waals surface area (Å²) in [6.07, 6.45) is 7.21. The molecule has 1 amide bonds. The van der Waals surface area contributed by atoms with Gasteiger partial charge in [0.1, 0.15) is 5.75 Å². The topological polar surface area (TPSA) is 53.6 Å². The number of benzene rings is 1. The molecule has 5 heteroatoms. The third-order valence-electron chi connectivity index (χ3n) is 3.90. The van der Waals surface area contributed by atoms with E-state index in [4.69, 9.17) is 11.2 Å². The van der Waals surface area contributed by atoms with Crippen LogP contribution in [-0.4, -0.2) is 50.6 Å². The second kappa shape index (κ2) is 7.71. The first-order valence-corrected chi connectivity index (χ1v) is 7.49. The van der Waals surface area contributed by atoms with E-state index in [1.54, 1.807) is 19.2 Å². The van der Waals surface area contributed by atoms with Crippen LogP contribution in [0.2, 0.25) is 0 Å². The van der Waals surface area contributed by atoms with E-state index in [-0.39, 0.29) is 11.9 Å². The lowest BCUT2D eigenvalue weighted by Crippen LogP contribution is -2.43. The fraction of sp³-hybridized carbons (Fsp3) is 0.471. The van der Waals surface area contributed by atoms with Crippen LogP contribution < -0.4 is 15.4 Å². The standard InChI is InChI=1S/C17H23N3O2/c1-4-9-18-15-6-5-13(12-16(15)22-3)17(21)19-14-7-10-20(2)11-8-14/h1,5-6,12,14,18H,7-11H2,2-3H3,(H,19,21). The zero-order chi connectivity index (χ0) is 15.9. The van der Waals surface area contributed by atoms with Crippen molar-refractivity contribution in [2.45, 2.75) is 18.9 Å². The summed E-state index contributed by atoms with van der Waals surface area (Å²) in [4.78, 5) is 14.6. The molecular weight excluding hydrogens is 278 g/mol. The molecule has 1 aliphatic heterocycles. The minimum atomic E-state index is -0.0589. The molecule has 1 fully saturated rings. The van der Waals surface area contributed by atoms with Crippen LogP contribution in [0, 0.1) is 12.3 Å². The van der Waals surface area contributed by atoms with Gasteiger partial charge in [0.25, 0.3) is 5.91 Å². The summed E-state index contributed by atoms with van der Waals surface area (Å²) in [5.74, 6) is 3.07. The summed E-state index contributed by atoms with van der Waals surface area (Å²) in [6, 6.07) is 5.59. The predicted octanol–water partition coefficient (Wildman–Crippen LogP) is 1.56. The van der Waals surface area contributed by atoms with Crippen molar-refractivity contribution >= 4 is 11.6 Å². The molecule has 2 N–H and O–H groups in total. The van der Waals surface area contributed by atoms with Gasteiger partial charge in [-0.3, -0.25) is 4.79 Å². The van der Waals surface area contributed by atoms with E-state index < -0.39 is 0 Å². The second-order valence-electron chi connectivity index (χ2n) is 5.52. The van der Waals surface area contributed by atoms with Gasteiger partial charge in [-0.05, 0) is 51.2 Å². The van der Waals surface area contributed by atoms with Crippen molar-refractivity contribution in [2.24, 2.45) is 0 Å². The monoisotopic (exact) mass is 301 g/mol. The van der Waals surface area contributed by atoms with E-state index in [0.717, 1.165) is 31.6 Å². The number of carbonyl (C=O) groups is 1. The Morgan fingerprint density at radius 2 is 2.18 bits per heavy atom. The van der Waals surface area contributed by atoms with E-state index in [0.29, 0.717) is 17.9 Å². The summed E-state index contributed by atoms with van der Waals surface area (Å²) < 4.78 is 5.32. The van der Waals surface area contributed by atoms with Crippen LogP contribution in [0.15, 0.2) is 18.2 Å². The summed E-state index contributed by atoms with van der Waals surface area (Å²) >= 11 is 0. The minimum absolute atomic E-state index is 0.0589. The highest BCUT2D eigenvalue weighted by atomic mass is 16.5. The molecule has 22 heavy (non-hydrogen) atoms. The maximum absolute atomic E-state index is 12.4. The molecule has 0 aliphatic carbocycles. The number of likely N-dealkylation sites (tertiary alicyclic amines) is 1. The second-order valence-corrected chi connectivity index (χ2v) is 5.52. The fourth-order valence-corrected chi connectivity index (χ4v) is 2.55. The van der Waals surface area contributed by atoms with Gasteiger partial charge in [-0.2, -0.15) is 0 Å². The average molecular weight is 301 g/mol. The highest BCUT2D eigenvalue weighted by Gasteiger charge is 2.19. The van der Waals surface area contributed by atoms with Crippen LogP contribution in [0.3, 0.4) is 0 Å². The first kappa shape index (κ1) is 16.2. The third kappa shape index (κ3) is 4.15. The van der Waals surface area contributed by atoms with E-state index >= 15 is 0 Å². The lowest BCUT2D eigenvalue weighted by atomic mass is 10.0. The quantitative estimate of drug-likeness (QED) is 0.811. The number of hydrogen-bond acceptors (Lipinski definition) is 4. The van der Waals surface area contributed by atoms with Crippen LogP contribution in [0.1, 0.15) is 23.2 Å². The van der Waals surface area contributed by atoms with Gasteiger partial charge in [0.05, 0.1) is 19.3 Å². The average Bonchev–Trinajstić information content (AvgIpc) is 2.54. The number of amides is 1. The molecule has 1 heterocycles. The van der Waals surface area contributed by atoms with Crippen molar-refractivity contribution in [3.05, 3.63) is 23.8 Å². The number of hydrogen-bond donors (Lipinski definition) is 2. The summed E-state index contributed by atoms with van der Waals surface area (Å²) in [6.45, 7) is 2.45. The number of nitrogens with zero attached hydrogens (tertiary/aromatic N) is 1. The molecule has 118 valence electrons. The van der Waals surface area contributed by atoms with Gasteiger partial charge in [-0.1, -0.05) is 5.92 Å². The van der Waals surface area contributed by atoms with Crippen molar-refractivity contribution in [1.82, 2.24) is 10.2 Å². The number of rotatable bonds is 5. The van der Waals surface area contributed by atoms with Gasteiger partial charge in [-0.25, -0.2) is 0 Å². The van der Waals surface area contributed by atoms with Crippen molar-refractivity contribution in [2.75, 3.05) is 39.1 Å². The Morgan fingerprint density at radius 1 is 1.45 bits per heavy atom. The van der Waals surface area contributed by atoms with Crippen molar-refractivity contribution in [1.29, 1.82) is 0 Å². The number of ether oxygens (including phenoxy) is 1. The SMILES string of the molecule is C#CCNc1ccc(C(=O)NC2CCN(C)CC2)cc1OC. The van der Waals surface area contributed by atoms with Gasteiger partial charge in [0.15, 0.2) is 0 Å². The van der Waals surface area contributed by atoms with Crippen LogP contribution in [0.5, 0.6) is 5.75 Å². The zero-order valence-electron chi connectivity index (χ0n) is 13.2. The molecule has 1 aromatic carbocycles. The van der Waals surface area contributed by atoms with Gasteiger partial charge < -0.3 is 20.3 Å². The lowest BCUT2D eigenvalue weighted by Gasteiger charge is -2.29. The molecule has 1 saturated heterocycles. The summed E-state index contributed by atoms with van der Waals surface area (Å²) in [5.41, 5.74) is 1.39. The van der Waals surface area contributed by atoms with Crippen LogP contribution in [0.4, 0.5) is 5.69 Å². The van der Waals surface area contributed by atoms with Crippen LogP contribution in [-0.2, 0) is 0 Å². The van der Waals surface area contributed by atoms with E-state index in [9.17, 15) is 4.79 Å². The number of terminal acetylenes is 1. The lowest BCUT2D eigenvalue weighted by molar-refractivity contribution is 0.0916. The molecule has 0 spiro atoms. The van der Waals surface area contributed by atoms with Crippen molar-refractivity contribution in [3.8, 4) is 18.1 Å². The zero-order valence-corrected chi connectivity index (χ0v) is 13.2. The fourth-order valence-electron chi connectivity index (χ4n) is 2.55. The van der Waals surface area contributed by atoms with Gasteiger partial charge in [0, 0.05) is 11.6 Å². The largest absolute Gasteiger partial charge is 0.495 e. The normalized spacial score (nSPS) is 15.9. The number of carbonyl (C=O) groups excluding carboxylic acids is 1. The van der Waals surface area contributed by atoms with Gasteiger partial charge in [-0.15, -0.1) is 6.42 Å². The highest BCUT2D eigenvalue weighted by Crippen LogP contribution is 2.25. The molecule has 0 aromatic heterocycles. The Balaban J connectivity index is 2.02. The maximum atomic E-state index is 12.4. The molecule has 1 aliphatic rings. The summed E-state index contributed by atoms with van der Waals surface area (Å²) in [7, 11) is 3.68.